The number of amides is 1. The molecule has 0 spiro atoms. The number of carbonyl (C=O) groups excluding carboxylic acids is 1. The van der Waals surface area contributed by atoms with Crippen LogP contribution < -0.4 is 10.6 Å². The van der Waals surface area contributed by atoms with Gasteiger partial charge in [0.25, 0.3) is 0 Å². The summed E-state index contributed by atoms with van der Waals surface area (Å²) in [5.41, 5.74) is -1.20. The third-order valence-electron chi connectivity index (χ3n) is 2.58. The quantitative estimate of drug-likeness (QED) is 0.493. The molecule has 108 valence electrons. The highest BCUT2D eigenvalue weighted by molar-refractivity contribution is 5.67. The molecule has 0 aromatic heterocycles. The van der Waals surface area contributed by atoms with Crippen molar-refractivity contribution >= 4 is 6.09 Å². The molecule has 0 atom stereocenters. The molecule has 0 saturated carbocycles. The Balaban J connectivity index is 3.89. The molecular formula is C12H26N2O4. The minimum absolute atomic E-state index is 0.146. The first kappa shape index (κ1) is 17.2. The Bertz CT molecular complexity index is 239. The highest BCUT2D eigenvalue weighted by atomic mass is 16.6. The van der Waals surface area contributed by atoms with Crippen LogP contribution in [0.4, 0.5) is 4.79 Å². The summed E-state index contributed by atoms with van der Waals surface area (Å²) in [6, 6.07) is 0. The molecule has 0 fully saturated rings. The monoisotopic (exact) mass is 262 g/mol. The van der Waals surface area contributed by atoms with Crippen LogP contribution in [0.25, 0.3) is 0 Å². The average Bonchev–Trinajstić information content (AvgIpc) is 2.28. The molecule has 0 bridgehead atoms. The molecule has 0 radical (unpaired) electrons. The van der Waals surface area contributed by atoms with Crippen molar-refractivity contribution in [3.63, 3.8) is 0 Å². The van der Waals surface area contributed by atoms with E-state index >= 15 is 0 Å². The van der Waals surface area contributed by atoms with Crippen LogP contribution in [0.3, 0.4) is 0 Å². The Morgan fingerprint density at radius 1 is 1.17 bits per heavy atom. The lowest BCUT2D eigenvalue weighted by Gasteiger charge is -2.30. The van der Waals surface area contributed by atoms with Gasteiger partial charge in [0.05, 0.1) is 18.8 Å². The molecule has 0 aliphatic heterocycles. The van der Waals surface area contributed by atoms with Crippen LogP contribution in [0.2, 0.25) is 0 Å². The van der Waals surface area contributed by atoms with Crippen LogP contribution in [-0.4, -0.2) is 53.7 Å². The Hall–Kier alpha value is -0.850. The summed E-state index contributed by atoms with van der Waals surface area (Å²) < 4.78 is 5.07. The van der Waals surface area contributed by atoms with Gasteiger partial charge in [0.2, 0.25) is 0 Å². The van der Waals surface area contributed by atoms with Gasteiger partial charge in [-0.15, -0.1) is 0 Å². The summed E-state index contributed by atoms with van der Waals surface area (Å²) in [6.45, 7) is 7.80. The van der Waals surface area contributed by atoms with E-state index in [4.69, 9.17) is 4.74 Å². The number of alkyl carbamates (subject to hydrolysis) is 1. The molecule has 6 nitrogen and oxygen atoms in total. The zero-order valence-corrected chi connectivity index (χ0v) is 11.7. The van der Waals surface area contributed by atoms with E-state index in [0.29, 0.717) is 19.5 Å². The zero-order chi connectivity index (χ0) is 14.2. The number of nitrogens with one attached hydrogen (secondary N) is 2. The predicted octanol–water partition coefficient (Wildman–Crippen LogP) is 0.234. The number of rotatable bonds is 7. The minimum Gasteiger partial charge on any atom is -0.444 e. The second-order valence-electron chi connectivity index (χ2n) is 5.31. The Labute approximate surface area is 109 Å². The highest BCUT2D eigenvalue weighted by Gasteiger charge is 2.25. The Morgan fingerprint density at radius 2 is 1.72 bits per heavy atom. The van der Waals surface area contributed by atoms with Gasteiger partial charge < -0.3 is 25.6 Å². The second-order valence-corrected chi connectivity index (χ2v) is 5.31. The third kappa shape index (κ3) is 6.78. The van der Waals surface area contributed by atoms with Crippen molar-refractivity contribution in [2.45, 2.75) is 45.3 Å². The smallest absolute Gasteiger partial charge is 0.407 e. The second kappa shape index (κ2) is 7.56. The number of aliphatic hydroxyl groups excluding tert-OH is 2. The molecule has 4 N–H and O–H groups in total. The molecule has 0 saturated heterocycles. The largest absolute Gasteiger partial charge is 0.444 e. The number of hydrogen-bond donors (Lipinski definition) is 4. The van der Waals surface area contributed by atoms with Gasteiger partial charge in [0.15, 0.2) is 0 Å². The van der Waals surface area contributed by atoms with Crippen molar-refractivity contribution in [2.75, 3.05) is 26.3 Å². The van der Waals surface area contributed by atoms with Gasteiger partial charge >= 0.3 is 6.09 Å². The van der Waals surface area contributed by atoms with Crippen molar-refractivity contribution in [2.24, 2.45) is 0 Å². The summed E-state index contributed by atoms with van der Waals surface area (Å²) in [5.74, 6) is 0. The maximum absolute atomic E-state index is 11.3. The maximum atomic E-state index is 11.3. The molecule has 1 amide bonds. The molecule has 6 heteroatoms. The maximum Gasteiger partial charge on any atom is 0.407 e. The average molecular weight is 262 g/mol. The van der Waals surface area contributed by atoms with Crippen molar-refractivity contribution < 1.29 is 19.7 Å². The van der Waals surface area contributed by atoms with E-state index in [1.807, 2.05) is 6.92 Å². The van der Waals surface area contributed by atoms with Gasteiger partial charge in [0.1, 0.15) is 5.60 Å². The lowest BCUT2D eigenvalue weighted by molar-refractivity contribution is 0.0521. The van der Waals surface area contributed by atoms with E-state index in [1.54, 1.807) is 20.8 Å². The van der Waals surface area contributed by atoms with Crippen LogP contribution >= 0.6 is 0 Å². The zero-order valence-electron chi connectivity index (χ0n) is 11.7. The highest BCUT2D eigenvalue weighted by Crippen LogP contribution is 2.07. The van der Waals surface area contributed by atoms with E-state index in [2.05, 4.69) is 10.6 Å². The number of hydrogen-bond acceptors (Lipinski definition) is 5. The minimum atomic E-state index is -0.685. The molecule has 0 aliphatic rings. The van der Waals surface area contributed by atoms with Gasteiger partial charge in [0, 0.05) is 13.1 Å². The molecule has 0 heterocycles. The van der Waals surface area contributed by atoms with E-state index in [9.17, 15) is 15.0 Å². The van der Waals surface area contributed by atoms with E-state index in [1.165, 1.54) is 0 Å². The van der Waals surface area contributed by atoms with Crippen LogP contribution in [0, 0.1) is 0 Å². The van der Waals surface area contributed by atoms with Crippen molar-refractivity contribution in [1.82, 2.24) is 10.6 Å². The van der Waals surface area contributed by atoms with Gasteiger partial charge in [-0.05, 0) is 27.2 Å². The molecule has 0 aliphatic carbocycles. The topological polar surface area (TPSA) is 90.8 Å². The lowest BCUT2D eigenvalue weighted by atomic mass is 9.99. The molecule has 0 aromatic carbocycles. The number of aliphatic hydroxyl groups is 2. The fraction of sp³-hybridized carbons (Fsp3) is 0.917. The molecule has 0 rings (SSSR count). The Morgan fingerprint density at radius 3 is 2.11 bits per heavy atom. The summed E-state index contributed by atoms with van der Waals surface area (Å²) in [5, 5.41) is 24.0. The van der Waals surface area contributed by atoms with Gasteiger partial charge in [-0.25, -0.2) is 4.79 Å². The summed E-state index contributed by atoms with van der Waals surface area (Å²) in [7, 11) is 0. The first-order valence-electron chi connectivity index (χ1n) is 6.22. The van der Waals surface area contributed by atoms with Gasteiger partial charge in [-0.1, -0.05) is 6.92 Å². The van der Waals surface area contributed by atoms with Crippen LogP contribution in [0.1, 0.15) is 34.1 Å². The summed E-state index contributed by atoms with van der Waals surface area (Å²) in [6.07, 6.45) is 0.131. The van der Waals surface area contributed by atoms with E-state index in [0.717, 1.165) is 0 Å². The van der Waals surface area contributed by atoms with Gasteiger partial charge in [-0.3, -0.25) is 0 Å². The lowest BCUT2D eigenvalue weighted by Crippen LogP contribution is -2.53. The van der Waals surface area contributed by atoms with Gasteiger partial charge in [-0.2, -0.15) is 0 Å². The summed E-state index contributed by atoms with van der Waals surface area (Å²) >= 11 is 0. The fourth-order valence-corrected chi connectivity index (χ4v) is 1.32. The SMILES string of the molecule is CCC(CO)(CO)NCCNC(=O)OC(C)(C)C. The summed E-state index contributed by atoms with van der Waals surface area (Å²) in [4.78, 5) is 11.3. The molecular weight excluding hydrogens is 236 g/mol. The van der Waals surface area contributed by atoms with Crippen LogP contribution in [0.5, 0.6) is 0 Å². The van der Waals surface area contributed by atoms with Crippen LogP contribution in [0.15, 0.2) is 0 Å². The van der Waals surface area contributed by atoms with Crippen molar-refractivity contribution in [3.8, 4) is 0 Å². The van der Waals surface area contributed by atoms with E-state index < -0.39 is 17.2 Å². The van der Waals surface area contributed by atoms with Crippen molar-refractivity contribution in [1.29, 1.82) is 0 Å². The first-order valence-corrected chi connectivity index (χ1v) is 6.22. The standard InChI is InChI=1S/C12H26N2O4/c1-5-12(8-15,9-16)14-7-6-13-10(17)18-11(2,3)4/h14-16H,5-9H2,1-4H3,(H,13,17). The predicted molar refractivity (Wildman–Crippen MR) is 69.4 cm³/mol. The molecule has 0 unspecified atom stereocenters. The van der Waals surface area contributed by atoms with Crippen LogP contribution in [-0.2, 0) is 4.74 Å². The third-order valence-corrected chi connectivity index (χ3v) is 2.58. The Kier molecular flexibility index (Phi) is 7.20. The molecule has 18 heavy (non-hydrogen) atoms. The first-order chi connectivity index (χ1) is 8.28. The number of carbonyl (C=O) groups is 1. The van der Waals surface area contributed by atoms with E-state index in [-0.39, 0.29) is 13.2 Å². The molecule has 0 aromatic rings. The van der Waals surface area contributed by atoms with Crippen molar-refractivity contribution in [3.05, 3.63) is 0 Å². The fourth-order valence-electron chi connectivity index (χ4n) is 1.32. The number of ether oxygens (including phenoxy) is 1. The normalized spacial score (nSPS) is 12.3.